The predicted molar refractivity (Wildman–Crippen MR) is 137 cm³/mol. The van der Waals surface area contributed by atoms with Crippen molar-refractivity contribution in [1.29, 1.82) is 0 Å². The smallest absolute Gasteiger partial charge is 0.275 e. The Labute approximate surface area is 214 Å². The highest BCUT2D eigenvalue weighted by atomic mass is 16.2. The zero-order valence-electron chi connectivity index (χ0n) is 20.7. The van der Waals surface area contributed by atoms with Crippen LogP contribution in [0.4, 0.5) is 17.3 Å². The van der Waals surface area contributed by atoms with Gasteiger partial charge in [0.25, 0.3) is 5.91 Å². The average Bonchev–Trinajstić information content (AvgIpc) is 3.59. The maximum Gasteiger partial charge on any atom is 0.275 e. The van der Waals surface area contributed by atoms with Crippen molar-refractivity contribution in [2.24, 2.45) is 0 Å². The number of fused-ring (bicyclic) bond motifs is 3. The van der Waals surface area contributed by atoms with Crippen molar-refractivity contribution in [1.82, 2.24) is 34.8 Å². The van der Waals surface area contributed by atoms with Crippen LogP contribution in [0.1, 0.15) is 45.0 Å². The Morgan fingerprint density at radius 3 is 2.76 bits per heavy atom. The van der Waals surface area contributed by atoms with Crippen LogP contribution in [0.2, 0.25) is 0 Å². The number of hydrogen-bond donors (Lipinski definition) is 0. The lowest BCUT2D eigenvalue weighted by atomic mass is 10.0. The number of nitrogens with zero attached hydrogens (tertiary/aromatic N) is 9. The van der Waals surface area contributed by atoms with E-state index >= 15 is 0 Å². The van der Waals surface area contributed by atoms with E-state index in [4.69, 9.17) is 4.98 Å². The molecule has 0 radical (unpaired) electrons. The molecule has 7 rings (SSSR count). The maximum atomic E-state index is 13.1. The third-order valence-corrected chi connectivity index (χ3v) is 7.51. The van der Waals surface area contributed by atoms with E-state index in [1.54, 1.807) is 11.1 Å². The molecule has 3 aliphatic heterocycles. The Kier molecular flexibility index (Phi) is 5.12. The summed E-state index contributed by atoms with van der Waals surface area (Å²) in [7, 11) is 0. The number of amides is 1. The quantitative estimate of drug-likeness (QED) is 0.430. The lowest BCUT2D eigenvalue weighted by Gasteiger charge is -2.33. The largest absolute Gasteiger partial charge is 0.350 e. The van der Waals surface area contributed by atoms with Gasteiger partial charge in [-0.25, -0.2) is 4.68 Å². The number of hydrogen-bond acceptors (Lipinski definition) is 8. The molecule has 10 nitrogen and oxygen atoms in total. The maximum absolute atomic E-state index is 13.1. The average molecular weight is 494 g/mol. The summed E-state index contributed by atoms with van der Waals surface area (Å²) in [6.45, 7) is 6.48. The second kappa shape index (κ2) is 8.65. The first-order valence-corrected chi connectivity index (χ1v) is 12.7. The molecule has 4 aromatic rings. The first-order chi connectivity index (χ1) is 18.1. The minimum atomic E-state index is -0.112. The van der Waals surface area contributed by atoms with Crippen LogP contribution in [-0.2, 0) is 32.6 Å². The molecular weight excluding hydrogens is 466 g/mol. The van der Waals surface area contributed by atoms with Gasteiger partial charge in [0.1, 0.15) is 5.82 Å². The van der Waals surface area contributed by atoms with Gasteiger partial charge in [-0.3, -0.25) is 14.8 Å². The van der Waals surface area contributed by atoms with Gasteiger partial charge in [-0.15, -0.1) is 10.2 Å². The van der Waals surface area contributed by atoms with Crippen molar-refractivity contribution in [2.75, 3.05) is 22.9 Å². The lowest BCUT2D eigenvalue weighted by molar-refractivity contribution is 0.0743. The van der Waals surface area contributed by atoms with Crippen molar-refractivity contribution >= 4 is 23.2 Å². The molecule has 0 saturated heterocycles. The molecule has 37 heavy (non-hydrogen) atoms. The fourth-order valence-corrected chi connectivity index (χ4v) is 5.63. The number of aryl methyl sites for hydroxylation is 2. The van der Waals surface area contributed by atoms with Crippen LogP contribution in [0.3, 0.4) is 0 Å². The van der Waals surface area contributed by atoms with Gasteiger partial charge in [0.15, 0.2) is 11.5 Å². The van der Waals surface area contributed by atoms with Crippen LogP contribution in [0.25, 0.3) is 0 Å². The van der Waals surface area contributed by atoms with E-state index in [9.17, 15) is 4.79 Å². The van der Waals surface area contributed by atoms with Crippen molar-refractivity contribution in [2.45, 2.75) is 45.9 Å². The molecule has 0 unspecified atom stereocenters. The Bertz CT molecular complexity index is 1490. The molecule has 10 heteroatoms. The standard InChI is InChI=1S/C27H27N9O/c1-18-12-23(27(37)34-15-19-4-2-7-28-24(19)17-34)31-32-26(18)33-11-6-22-20(16-33)13-21(14-29-22)35-9-3-10-36-25(35)5-8-30-36/h2,4-5,7-8,12-14H,3,6,9-11,15-17H2,1H3. The molecule has 1 amide bonds. The molecule has 0 fully saturated rings. The summed E-state index contributed by atoms with van der Waals surface area (Å²) in [4.78, 5) is 28.6. The lowest BCUT2D eigenvalue weighted by Crippen LogP contribution is -2.34. The molecular formula is C27H27N9O. The summed E-state index contributed by atoms with van der Waals surface area (Å²) in [5.41, 5.74) is 6.77. The van der Waals surface area contributed by atoms with Gasteiger partial charge in [0.05, 0.1) is 30.3 Å². The van der Waals surface area contributed by atoms with Crippen LogP contribution >= 0.6 is 0 Å². The molecule has 0 atom stereocenters. The number of anilines is 3. The predicted octanol–water partition coefficient (Wildman–Crippen LogP) is 3.03. The fraction of sp³-hybridized carbons (Fsp3) is 0.333. The molecule has 0 bridgehead atoms. The minimum absolute atomic E-state index is 0.112. The van der Waals surface area contributed by atoms with Crippen molar-refractivity contribution in [3.05, 3.63) is 82.7 Å². The van der Waals surface area contributed by atoms with Crippen LogP contribution in [0.5, 0.6) is 0 Å². The Morgan fingerprint density at radius 1 is 0.919 bits per heavy atom. The normalized spacial score (nSPS) is 16.4. The summed E-state index contributed by atoms with van der Waals surface area (Å²) < 4.78 is 2.05. The first kappa shape index (κ1) is 21.9. The number of pyridine rings is 2. The molecule has 3 aliphatic rings. The third-order valence-electron chi connectivity index (χ3n) is 7.51. The van der Waals surface area contributed by atoms with Gasteiger partial charge in [-0.2, -0.15) is 5.10 Å². The zero-order chi connectivity index (χ0) is 24.9. The summed E-state index contributed by atoms with van der Waals surface area (Å²) in [5, 5.41) is 13.3. The number of rotatable bonds is 3. The fourth-order valence-electron chi connectivity index (χ4n) is 5.63. The van der Waals surface area contributed by atoms with E-state index in [1.165, 1.54) is 5.56 Å². The van der Waals surface area contributed by atoms with Gasteiger partial charge >= 0.3 is 0 Å². The summed E-state index contributed by atoms with van der Waals surface area (Å²) in [5.74, 6) is 1.81. The third kappa shape index (κ3) is 3.80. The first-order valence-electron chi connectivity index (χ1n) is 12.7. The molecule has 0 N–H and O–H groups in total. The van der Waals surface area contributed by atoms with Crippen LogP contribution in [0.15, 0.2) is 48.9 Å². The Morgan fingerprint density at radius 2 is 1.86 bits per heavy atom. The Hall–Kier alpha value is -4.34. The zero-order valence-corrected chi connectivity index (χ0v) is 20.7. The summed E-state index contributed by atoms with van der Waals surface area (Å²) in [6.07, 6.45) is 7.50. The van der Waals surface area contributed by atoms with Crippen LogP contribution in [-0.4, -0.2) is 53.8 Å². The van der Waals surface area contributed by atoms with E-state index in [0.717, 1.165) is 72.3 Å². The molecule has 4 aromatic heterocycles. The molecule has 0 spiro atoms. The topological polar surface area (TPSA) is 96.2 Å². The Balaban J connectivity index is 1.10. The van der Waals surface area contributed by atoms with E-state index in [0.29, 0.717) is 25.3 Å². The van der Waals surface area contributed by atoms with Gasteiger partial charge in [-0.05, 0) is 48.2 Å². The second-order valence-electron chi connectivity index (χ2n) is 9.90. The van der Waals surface area contributed by atoms with Gasteiger partial charge < -0.3 is 14.7 Å². The molecule has 0 aromatic carbocycles. The molecule has 0 aliphatic carbocycles. The number of aromatic nitrogens is 6. The van der Waals surface area contributed by atoms with Crippen molar-refractivity contribution in [3.8, 4) is 0 Å². The van der Waals surface area contributed by atoms with Crippen molar-refractivity contribution in [3.63, 3.8) is 0 Å². The summed E-state index contributed by atoms with van der Waals surface area (Å²) >= 11 is 0. The van der Waals surface area contributed by atoms with E-state index in [1.807, 2.05) is 42.2 Å². The van der Waals surface area contributed by atoms with Gasteiger partial charge in [-0.1, -0.05) is 6.07 Å². The van der Waals surface area contributed by atoms with E-state index < -0.39 is 0 Å². The van der Waals surface area contributed by atoms with Crippen LogP contribution in [0, 0.1) is 6.92 Å². The minimum Gasteiger partial charge on any atom is -0.350 e. The molecule has 7 heterocycles. The van der Waals surface area contributed by atoms with E-state index in [-0.39, 0.29) is 5.91 Å². The number of carbonyl (C=O) groups excluding carboxylic acids is 1. The van der Waals surface area contributed by atoms with Gasteiger partial charge in [0, 0.05) is 57.1 Å². The van der Waals surface area contributed by atoms with Crippen LogP contribution < -0.4 is 9.80 Å². The van der Waals surface area contributed by atoms with Gasteiger partial charge in [0.2, 0.25) is 0 Å². The monoisotopic (exact) mass is 493 g/mol. The highest BCUT2D eigenvalue weighted by Gasteiger charge is 2.28. The SMILES string of the molecule is Cc1cc(C(=O)N2Cc3cccnc3C2)nnc1N1CCc2ncc(N3CCCn4nccc43)cc2C1. The van der Waals surface area contributed by atoms with E-state index in [2.05, 4.69) is 42.2 Å². The number of carbonyl (C=O) groups is 1. The van der Waals surface area contributed by atoms with Crippen molar-refractivity contribution < 1.29 is 4.79 Å². The summed E-state index contributed by atoms with van der Waals surface area (Å²) in [6, 6.07) is 10.1. The highest BCUT2D eigenvalue weighted by Crippen LogP contribution is 2.32. The second-order valence-corrected chi connectivity index (χ2v) is 9.90. The highest BCUT2D eigenvalue weighted by molar-refractivity contribution is 5.92. The molecule has 186 valence electrons. The molecule has 0 saturated carbocycles.